The van der Waals surface area contributed by atoms with Crippen LogP contribution in [0.1, 0.15) is 22.3 Å². The summed E-state index contributed by atoms with van der Waals surface area (Å²) in [7, 11) is 0. The van der Waals surface area contributed by atoms with E-state index in [9.17, 15) is 0 Å². The van der Waals surface area contributed by atoms with Crippen molar-refractivity contribution >= 4 is 49.8 Å². The first-order valence-corrected chi connectivity index (χ1v) is 23.3. The lowest BCUT2D eigenvalue weighted by Gasteiger charge is -2.40. The van der Waals surface area contributed by atoms with Crippen LogP contribution < -0.4 is 9.64 Å². The fourth-order valence-electron chi connectivity index (χ4n) is 11.4. The maximum atomic E-state index is 7.12. The number of rotatable bonds is 6. The van der Waals surface area contributed by atoms with Crippen LogP contribution in [0.15, 0.2) is 253 Å². The van der Waals surface area contributed by atoms with Gasteiger partial charge in [0.1, 0.15) is 22.7 Å². The van der Waals surface area contributed by atoms with Crippen LogP contribution in [-0.2, 0) is 5.41 Å². The van der Waals surface area contributed by atoms with Crippen LogP contribution in [0.4, 0.5) is 17.1 Å². The first-order valence-electron chi connectivity index (χ1n) is 23.3. The molecule has 0 amide bonds. The molecule has 1 spiro atoms. The Morgan fingerprint density at radius 2 is 0.956 bits per heavy atom. The highest BCUT2D eigenvalue weighted by atomic mass is 16.5. The van der Waals surface area contributed by atoms with E-state index in [1.165, 1.54) is 33.0 Å². The van der Waals surface area contributed by atoms with Crippen molar-refractivity contribution in [1.82, 2.24) is 0 Å². The number of furan rings is 1. The van der Waals surface area contributed by atoms with Gasteiger partial charge in [-0.05, 0) is 109 Å². The molecule has 1 aliphatic heterocycles. The molecule has 11 aromatic carbocycles. The van der Waals surface area contributed by atoms with E-state index in [4.69, 9.17) is 9.15 Å². The molecular formula is C65H41NO2. The summed E-state index contributed by atoms with van der Waals surface area (Å²) in [5.74, 6) is 1.68. The van der Waals surface area contributed by atoms with Gasteiger partial charge in [-0.1, -0.05) is 194 Å². The zero-order chi connectivity index (χ0) is 44.8. The number of fused-ring (bicyclic) bond motifs is 13. The van der Waals surface area contributed by atoms with E-state index in [2.05, 4.69) is 254 Å². The normalized spacial score (nSPS) is 12.9. The third-order valence-electron chi connectivity index (χ3n) is 14.3. The van der Waals surface area contributed by atoms with Crippen LogP contribution in [0.5, 0.6) is 11.5 Å². The number of hydrogen-bond acceptors (Lipinski definition) is 3. The number of ether oxygens (including phenoxy) is 1. The lowest BCUT2D eigenvalue weighted by molar-refractivity contribution is 0.436. The second-order valence-corrected chi connectivity index (χ2v) is 17.9. The summed E-state index contributed by atoms with van der Waals surface area (Å²) < 4.78 is 14.2. The van der Waals surface area contributed by atoms with Gasteiger partial charge in [-0.3, -0.25) is 0 Å². The smallest absolute Gasteiger partial charge is 0.145 e. The van der Waals surface area contributed by atoms with Gasteiger partial charge in [0.05, 0.1) is 16.5 Å². The second kappa shape index (κ2) is 15.1. The molecule has 68 heavy (non-hydrogen) atoms. The third-order valence-corrected chi connectivity index (χ3v) is 14.3. The molecule has 0 unspecified atom stereocenters. The van der Waals surface area contributed by atoms with Crippen LogP contribution in [0.3, 0.4) is 0 Å². The molecule has 318 valence electrons. The molecule has 1 aliphatic carbocycles. The summed E-state index contributed by atoms with van der Waals surface area (Å²) in [6.07, 6.45) is 0. The zero-order valence-electron chi connectivity index (χ0n) is 36.9. The Morgan fingerprint density at radius 3 is 1.78 bits per heavy atom. The quantitative estimate of drug-likeness (QED) is 0.166. The minimum atomic E-state index is -0.571. The predicted octanol–water partition coefficient (Wildman–Crippen LogP) is 17.7. The van der Waals surface area contributed by atoms with Crippen molar-refractivity contribution in [2.75, 3.05) is 4.90 Å². The molecule has 0 fully saturated rings. The van der Waals surface area contributed by atoms with Gasteiger partial charge in [0, 0.05) is 39.5 Å². The van der Waals surface area contributed by atoms with Gasteiger partial charge in [0.15, 0.2) is 0 Å². The lowest BCUT2D eigenvalue weighted by atomic mass is 9.66. The van der Waals surface area contributed by atoms with E-state index >= 15 is 0 Å². The van der Waals surface area contributed by atoms with Crippen molar-refractivity contribution in [2.45, 2.75) is 5.41 Å². The third kappa shape index (κ3) is 5.66. The van der Waals surface area contributed by atoms with Crippen LogP contribution in [-0.4, -0.2) is 0 Å². The molecule has 0 atom stereocenters. The van der Waals surface area contributed by atoms with E-state index < -0.39 is 5.41 Å². The van der Waals surface area contributed by atoms with Crippen LogP contribution in [0.25, 0.3) is 77.2 Å². The predicted molar refractivity (Wildman–Crippen MR) is 280 cm³/mol. The number of nitrogens with zero attached hydrogens (tertiary/aromatic N) is 1. The molecule has 0 saturated heterocycles. The number of anilines is 3. The molecule has 3 nitrogen and oxygen atoms in total. The number of hydrogen-bond donors (Lipinski definition) is 0. The van der Waals surface area contributed by atoms with Gasteiger partial charge in [0.2, 0.25) is 0 Å². The van der Waals surface area contributed by atoms with Crippen molar-refractivity contribution < 1.29 is 9.15 Å². The largest absolute Gasteiger partial charge is 0.457 e. The van der Waals surface area contributed by atoms with Crippen LogP contribution >= 0.6 is 0 Å². The molecule has 0 bridgehead atoms. The molecular weight excluding hydrogens is 827 g/mol. The van der Waals surface area contributed by atoms with Crippen molar-refractivity contribution in [1.29, 1.82) is 0 Å². The van der Waals surface area contributed by atoms with Gasteiger partial charge >= 0.3 is 0 Å². The molecule has 1 aromatic heterocycles. The molecule has 2 aliphatic rings. The Labute approximate surface area is 394 Å². The van der Waals surface area contributed by atoms with E-state index in [0.717, 1.165) is 95.0 Å². The summed E-state index contributed by atoms with van der Waals surface area (Å²) in [6, 6.07) is 89.7. The number of benzene rings is 11. The Bertz CT molecular complexity index is 3930. The molecule has 0 saturated carbocycles. The first-order chi connectivity index (χ1) is 33.7. The highest BCUT2D eigenvalue weighted by Crippen LogP contribution is 2.62. The van der Waals surface area contributed by atoms with Crippen molar-refractivity contribution in [3.05, 3.63) is 271 Å². The first kappa shape index (κ1) is 38.4. The monoisotopic (exact) mass is 867 g/mol. The topological polar surface area (TPSA) is 25.6 Å². The maximum absolute atomic E-state index is 7.12. The fourth-order valence-corrected chi connectivity index (χ4v) is 11.4. The Morgan fingerprint density at radius 1 is 0.338 bits per heavy atom. The maximum Gasteiger partial charge on any atom is 0.145 e. The molecule has 0 radical (unpaired) electrons. The van der Waals surface area contributed by atoms with E-state index in [1.54, 1.807) is 0 Å². The van der Waals surface area contributed by atoms with Gasteiger partial charge < -0.3 is 14.1 Å². The lowest BCUT2D eigenvalue weighted by Crippen LogP contribution is -2.32. The van der Waals surface area contributed by atoms with Gasteiger partial charge in [-0.15, -0.1) is 0 Å². The highest BCUT2D eigenvalue weighted by Gasteiger charge is 2.51. The average molecular weight is 868 g/mol. The fraction of sp³-hybridized carbons (Fsp3) is 0.0154. The zero-order valence-corrected chi connectivity index (χ0v) is 36.9. The molecule has 12 aromatic rings. The van der Waals surface area contributed by atoms with E-state index in [1.807, 2.05) is 0 Å². The molecule has 14 rings (SSSR count). The Kier molecular flexibility index (Phi) is 8.50. The Hall–Kier alpha value is -8.92. The molecule has 3 heteroatoms. The summed E-state index contributed by atoms with van der Waals surface area (Å²) in [5.41, 5.74) is 18.1. The van der Waals surface area contributed by atoms with Crippen LogP contribution in [0, 0.1) is 0 Å². The van der Waals surface area contributed by atoms with Gasteiger partial charge in [0.25, 0.3) is 0 Å². The molecule has 0 N–H and O–H groups in total. The Balaban J connectivity index is 1.03. The number of para-hydroxylation sites is 2. The van der Waals surface area contributed by atoms with Crippen molar-refractivity contribution in [3.63, 3.8) is 0 Å². The SMILES string of the molecule is c1ccc(-c2ccccc2-c2ccc(N(c3cccc(-c4ccc5ccccc5c4)c3)c3ccc4c(c3)Oc3ccccc3C43c4ccccc4-c4ccccc43)c3c2oc2ccccc23)cc1. The van der Waals surface area contributed by atoms with Gasteiger partial charge in [-0.25, -0.2) is 0 Å². The van der Waals surface area contributed by atoms with E-state index in [-0.39, 0.29) is 0 Å². The standard InChI is InChI=1S/C65H41NO2/c1-2-18-43(19-3-1)49-23-6-7-24-50(49)53-36-38-59(63-54-27-10-14-31-60(54)68-64(53)63)66(47-22-16-21-45(40-47)46-34-33-42-17-4-5-20-44(42)39-46)48-35-37-58-62(41-48)67-61-32-15-13-30-57(61)65(58)55-28-11-8-25-51(55)52-26-9-12-29-56(52)65/h1-41H. The van der Waals surface area contributed by atoms with Crippen LogP contribution in [0.2, 0.25) is 0 Å². The highest BCUT2D eigenvalue weighted by molar-refractivity contribution is 6.18. The average Bonchev–Trinajstić information content (AvgIpc) is 3.94. The summed E-state index contributed by atoms with van der Waals surface area (Å²) in [5, 5.41) is 4.52. The minimum absolute atomic E-state index is 0.571. The van der Waals surface area contributed by atoms with Crippen molar-refractivity contribution in [2.24, 2.45) is 0 Å². The summed E-state index contributed by atoms with van der Waals surface area (Å²) in [4.78, 5) is 2.40. The van der Waals surface area contributed by atoms with Crippen molar-refractivity contribution in [3.8, 4) is 56.0 Å². The summed E-state index contributed by atoms with van der Waals surface area (Å²) >= 11 is 0. The molecule has 2 heterocycles. The second-order valence-electron chi connectivity index (χ2n) is 17.9. The van der Waals surface area contributed by atoms with E-state index in [0.29, 0.717) is 0 Å². The van der Waals surface area contributed by atoms with Gasteiger partial charge in [-0.2, -0.15) is 0 Å². The summed E-state index contributed by atoms with van der Waals surface area (Å²) in [6.45, 7) is 0. The minimum Gasteiger partial charge on any atom is -0.457 e.